The quantitative estimate of drug-likeness (QED) is 0.317. The lowest BCUT2D eigenvalue weighted by molar-refractivity contribution is -0.384. The molecule has 0 aromatic heterocycles. The van der Waals surface area contributed by atoms with E-state index >= 15 is 0 Å². The van der Waals surface area contributed by atoms with Crippen LogP contribution in [0, 0.1) is 21.4 Å². The molecule has 0 radical (unpaired) electrons. The average molecular weight is 410 g/mol. The van der Waals surface area contributed by atoms with Crippen LogP contribution in [0.3, 0.4) is 0 Å². The number of halogens is 1. The number of hydrogen-bond donors (Lipinski definition) is 2. The van der Waals surface area contributed by atoms with E-state index in [1.54, 1.807) is 26.8 Å². The Labute approximate surface area is 166 Å². The van der Waals surface area contributed by atoms with Gasteiger partial charge in [-0.3, -0.25) is 19.8 Å². The highest BCUT2D eigenvalue weighted by Crippen LogP contribution is 2.27. The summed E-state index contributed by atoms with van der Waals surface area (Å²) in [6.07, 6.45) is 0.237. The van der Waals surface area contributed by atoms with Gasteiger partial charge >= 0.3 is 6.09 Å². The van der Waals surface area contributed by atoms with Gasteiger partial charge < -0.3 is 15.8 Å². The van der Waals surface area contributed by atoms with Crippen LogP contribution < -0.4 is 11.1 Å². The SMILES string of the molecule is CC(C)(C)OC(=O)N(/C=C(/C#N)C(=O)Nc1ccc(Cl)c([N+](=O)[O-])c1)CCN. The highest BCUT2D eigenvalue weighted by Gasteiger charge is 2.22. The van der Waals surface area contributed by atoms with E-state index in [1.807, 2.05) is 0 Å². The monoisotopic (exact) mass is 409 g/mol. The third-order valence-corrected chi connectivity index (χ3v) is 3.37. The number of nitro groups is 1. The van der Waals surface area contributed by atoms with E-state index in [1.165, 1.54) is 12.1 Å². The Hall–Kier alpha value is -3.16. The average Bonchev–Trinajstić information content (AvgIpc) is 2.58. The summed E-state index contributed by atoms with van der Waals surface area (Å²) in [5, 5.41) is 22.5. The van der Waals surface area contributed by atoms with E-state index < -0.39 is 33.8 Å². The number of carbonyl (C=O) groups excluding carboxylic acids is 2. The molecular weight excluding hydrogens is 390 g/mol. The van der Waals surface area contributed by atoms with E-state index in [9.17, 15) is 25.0 Å². The van der Waals surface area contributed by atoms with Crippen molar-refractivity contribution in [1.82, 2.24) is 4.90 Å². The van der Waals surface area contributed by atoms with Gasteiger partial charge in [0.05, 0.1) is 4.92 Å². The molecule has 0 saturated carbocycles. The van der Waals surface area contributed by atoms with E-state index in [4.69, 9.17) is 22.1 Å². The Kier molecular flexibility index (Phi) is 7.91. The van der Waals surface area contributed by atoms with E-state index in [0.717, 1.165) is 17.2 Å². The van der Waals surface area contributed by atoms with Crippen molar-refractivity contribution in [1.29, 1.82) is 5.26 Å². The first-order valence-electron chi connectivity index (χ1n) is 8.05. The molecule has 0 aliphatic carbocycles. The van der Waals surface area contributed by atoms with Crippen molar-refractivity contribution in [2.75, 3.05) is 18.4 Å². The molecule has 0 atom stereocenters. The minimum absolute atomic E-state index is 0.0137. The second kappa shape index (κ2) is 9.68. The molecular formula is C17H20ClN5O5. The first-order chi connectivity index (χ1) is 13.0. The van der Waals surface area contributed by atoms with E-state index in [-0.39, 0.29) is 23.8 Å². The molecule has 1 aromatic rings. The molecule has 0 fully saturated rings. The summed E-state index contributed by atoms with van der Waals surface area (Å²) < 4.78 is 5.21. The van der Waals surface area contributed by atoms with Crippen molar-refractivity contribution in [3.63, 3.8) is 0 Å². The lowest BCUT2D eigenvalue weighted by Crippen LogP contribution is -2.37. The number of benzene rings is 1. The zero-order chi connectivity index (χ0) is 21.5. The normalized spacial score (nSPS) is 11.4. The van der Waals surface area contributed by atoms with E-state index in [2.05, 4.69) is 5.32 Å². The minimum Gasteiger partial charge on any atom is -0.443 e. The first kappa shape index (κ1) is 22.9. The Morgan fingerprint density at radius 1 is 1.46 bits per heavy atom. The molecule has 2 amide bonds. The van der Waals surface area contributed by atoms with Crippen molar-refractivity contribution < 1.29 is 19.2 Å². The Morgan fingerprint density at radius 3 is 2.61 bits per heavy atom. The molecule has 11 heteroatoms. The van der Waals surface area contributed by atoms with Gasteiger partial charge in [0, 0.05) is 31.0 Å². The molecule has 10 nitrogen and oxygen atoms in total. The predicted octanol–water partition coefficient (Wildman–Crippen LogP) is 2.79. The topological polar surface area (TPSA) is 152 Å². The maximum absolute atomic E-state index is 12.3. The standard InChI is InChI=1S/C17H20ClN5O5/c1-17(2,3)28-16(25)22(7-6-19)10-11(9-20)15(24)21-12-4-5-13(18)14(8-12)23(26)27/h4-5,8,10H,6-7,19H2,1-3H3,(H,21,24)/b11-10-. The molecule has 1 rings (SSSR count). The highest BCUT2D eigenvalue weighted by molar-refractivity contribution is 6.32. The van der Waals surface area contributed by atoms with Gasteiger partial charge in [-0.2, -0.15) is 5.26 Å². The fourth-order valence-electron chi connectivity index (χ4n) is 1.89. The summed E-state index contributed by atoms with van der Waals surface area (Å²) in [6.45, 7) is 5.08. The third kappa shape index (κ3) is 6.86. The van der Waals surface area contributed by atoms with Crippen molar-refractivity contribution >= 4 is 35.0 Å². The number of anilines is 1. The van der Waals surface area contributed by atoms with Crippen molar-refractivity contribution in [2.45, 2.75) is 26.4 Å². The molecule has 150 valence electrons. The van der Waals surface area contributed by atoms with Gasteiger partial charge in [0.25, 0.3) is 11.6 Å². The second-order valence-corrected chi connectivity index (χ2v) is 6.90. The second-order valence-electron chi connectivity index (χ2n) is 6.49. The molecule has 1 aromatic carbocycles. The number of ether oxygens (including phenoxy) is 1. The summed E-state index contributed by atoms with van der Waals surface area (Å²) in [7, 11) is 0. The number of hydrogen-bond acceptors (Lipinski definition) is 7. The molecule has 3 N–H and O–H groups in total. The van der Waals surface area contributed by atoms with Gasteiger partial charge in [-0.1, -0.05) is 11.6 Å². The molecule has 0 aliphatic rings. The van der Waals surface area contributed by atoms with Gasteiger partial charge in [0.1, 0.15) is 22.3 Å². The van der Waals surface area contributed by atoms with Crippen molar-refractivity contribution in [2.24, 2.45) is 5.73 Å². The largest absolute Gasteiger partial charge is 0.443 e. The van der Waals surface area contributed by atoms with Crippen LogP contribution in [-0.2, 0) is 9.53 Å². The van der Waals surface area contributed by atoms with Crippen LogP contribution in [0.5, 0.6) is 0 Å². The molecule has 0 unspecified atom stereocenters. The van der Waals surface area contributed by atoms with E-state index in [0.29, 0.717) is 0 Å². The smallest absolute Gasteiger partial charge is 0.414 e. The van der Waals surface area contributed by atoms with Crippen LogP contribution in [0.2, 0.25) is 5.02 Å². The Morgan fingerprint density at radius 2 is 2.11 bits per heavy atom. The van der Waals surface area contributed by atoms with Gasteiger partial charge in [-0.15, -0.1) is 0 Å². The summed E-state index contributed by atoms with van der Waals surface area (Å²) in [5.41, 5.74) is 3.92. The zero-order valence-electron chi connectivity index (χ0n) is 15.6. The molecule has 0 saturated heterocycles. The number of nitro benzene ring substituents is 1. The number of nitriles is 1. The van der Waals surface area contributed by atoms with Gasteiger partial charge in [-0.05, 0) is 32.9 Å². The van der Waals surface area contributed by atoms with Crippen LogP contribution in [0.4, 0.5) is 16.2 Å². The number of nitrogens with zero attached hydrogens (tertiary/aromatic N) is 3. The molecule has 0 heterocycles. The highest BCUT2D eigenvalue weighted by atomic mass is 35.5. The number of amides is 2. The summed E-state index contributed by atoms with van der Waals surface area (Å²) in [5.74, 6) is -0.871. The first-order valence-corrected chi connectivity index (χ1v) is 8.43. The lowest BCUT2D eigenvalue weighted by Gasteiger charge is -2.25. The van der Waals surface area contributed by atoms with Crippen LogP contribution in [0.1, 0.15) is 20.8 Å². The number of carbonyl (C=O) groups is 2. The van der Waals surface area contributed by atoms with Crippen molar-refractivity contribution in [3.05, 3.63) is 45.1 Å². The van der Waals surface area contributed by atoms with Crippen LogP contribution in [0.15, 0.2) is 30.0 Å². The molecule has 0 bridgehead atoms. The maximum Gasteiger partial charge on any atom is 0.414 e. The van der Waals surface area contributed by atoms with Crippen LogP contribution >= 0.6 is 11.6 Å². The number of nitrogens with one attached hydrogen (secondary N) is 1. The molecule has 0 spiro atoms. The fraction of sp³-hybridized carbons (Fsp3) is 0.353. The zero-order valence-corrected chi connectivity index (χ0v) is 16.3. The molecule has 0 aliphatic heterocycles. The number of rotatable bonds is 6. The van der Waals surface area contributed by atoms with Crippen LogP contribution in [-0.4, -0.2) is 40.5 Å². The van der Waals surface area contributed by atoms with Gasteiger partial charge in [0.2, 0.25) is 0 Å². The minimum atomic E-state index is -0.871. The predicted molar refractivity (Wildman–Crippen MR) is 102 cm³/mol. The summed E-state index contributed by atoms with van der Waals surface area (Å²) >= 11 is 5.72. The van der Waals surface area contributed by atoms with Gasteiger partial charge in [0.15, 0.2) is 0 Å². The fourth-order valence-corrected chi connectivity index (χ4v) is 2.08. The summed E-state index contributed by atoms with van der Waals surface area (Å²) in [4.78, 5) is 35.8. The Bertz CT molecular complexity index is 841. The lowest BCUT2D eigenvalue weighted by atomic mass is 10.2. The maximum atomic E-state index is 12.3. The third-order valence-electron chi connectivity index (χ3n) is 3.05. The Balaban J connectivity index is 3.08. The number of nitrogens with two attached hydrogens (primary N) is 1. The van der Waals surface area contributed by atoms with Crippen LogP contribution in [0.25, 0.3) is 0 Å². The molecule has 28 heavy (non-hydrogen) atoms. The summed E-state index contributed by atoms with van der Waals surface area (Å²) in [6, 6.07) is 5.32. The van der Waals surface area contributed by atoms with Crippen molar-refractivity contribution in [3.8, 4) is 6.07 Å². The van der Waals surface area contributed by atoms with Gasteiger partial charge in [-0.25, -0.2) is 4.79 Å².